The first-order valence-corrected chi connectivity index (χ1v) is 8.00. The van der Waals surface area contributed by atoms with Crippen LogP contribution < -0.4 is 0 Å². The molecule has 3 rings (SSSR count). The normalized spacial score (nSPS) is 10.2. The van der Waals surface area contributed by atoms with Crippen LogP contribution in [0.3, 0.4) is 0 Å². The Labute approximate surface area is 143 Å². The van der Waals surface area contributed by atoms with Crippen molar-refractivity contribution in [2.75, 3.05) is 0 Å². The predicted molar refractivity (Wildman–Crippen MR) is 101 cm³/mol. The molecule has 2 N–H and O–H groups in total. The Bertz CT molecular complexity index is 762. The minimum Gasteiger partial charge on any atom is -0.504 e. The van der Waals surface area contributed by atoms with Gasteiger partial charge in [0.05, 0.1) is 0 Å². The molecular formula is C22H22O2. The molecule has 0 aliphatic heterocycles. The number of para-hydroxylation sites is 1. The highest BCUT2D eigenvalue weighted by molar-refractivity contribution is 5.72. The average Bonchev–Trinajstić information content (AvgIpc) is 2.64. The van der Waals surface area contributed by atoms with E-state index in [-0.39, 0.29) is 11.5 Å². The zero-order valence-corrected chi connectivity index (χ0v) is 13.8. The maximum atomic E-state index is 9.60. The van der Waals surface area contributed by atoms with Gasteiger partial charge in [0.2, 0.25) is 0 Å². The largest absolute Gasteiger partial charge is 0.504 e. The first-order valence-electron chi connectivity index (χ1n) is 8.00. The van der Waals surface area contributed by atoms with E-state index in [2.05, 4.69) is 43.3 Å². The summed E-state index contributed by atoms with van der Waals surface area (Å²) in [6.45, 7) is 2.14. The van der Waals surface area contributed by atoms with Crippen molar-refractivity contribution in [3.05, 3.63) is 90.5 Å². The molecule has 122 valence electrons. The summed E-state index contributed by atoms with van der Waals surface area (Å²) in [5.74, 6) is -0.162. The summed E-state index contributed by atoms with van der Waals surface area (Å²) in [5, 5.41) is 18.9. The third-order valence-corrected chi connectivity index (χ3v) is 3.45. The average molecular weight is 318 g/mol. The van der Waals surface area contributed by atoms with Crippen molar-refractivity contribution in [3.8, 4) is 22.6 Å². The highest BCUT2D eigenvalue weighted by Gasteiger charge is 2.06. The van der Waals surface area contributed by atoms with E-state index in [4.69, 9.17) is 0 Å². The summed E-state index contributed by atoms with van der Waals surface area (Å²) in [6, 6.07) is 24.7. The summed E-state index contributed by atoms with van der Waals surface area (Å²) in [5.41, 5.74) is 2.82. The lowest BCUT2D eigenvalue weighted by Gasteiger charge is -2.05. The lowest BCUT2D eigenvalue weighted by atomic mass is 10.0. The molecule has 2 nitrogen and oxygen atoms in total. The van der Waals surface area contributed by atoms with Gasteiger partial charge in [-0.15, -0.1) is 0 Å². The number of benzene rings is 3. The summed E-state index contributed by atoms with van der Waals surface area (Å²) in [6.07, 6.45) is 5.41. The van der Waals surface area contributed by atoms with Crippen molar-refractivity contribution in [2.24, 2.45) is 0 Å². The van der Waals surface area contributed by atoms with E-state index in [9.17, 15) is 10.2 Å². The monoisotopic (exact) mass is 318 g/mol. The Morgan fingerprint density at radius 2 is 1.38 bits per heavy atom. The van der Waals surface area contributed by atoms with E-state index in [0.717, 1.165) is 12.0 Å². The van der Waals surface area contributed by atoms with Gasteiger partial charge in [-0.2, -0.15) is 0 Å². The van der Waals surface area contributed by atoms with Crippen molar-refractivity contribution in [1.29, 1.82) is 0 Å². The van der Waals surface area contributed by atoms with Crippen LogP contribution in [-0.4, -0.2) is 10.2 Å². The van der Waals surface area contributed by atoms with Gasteiger partial charge in [-0.3, -0.25) is 0 Å². The summed E-state index contributed by atoms with van der Waals surface area (Å²) < 4.78 is 0. The maximum absolute atomic E-state index is 9.60. The van der Waals surface area contributed by atoms with Crippen molar-refractivity contribution in [2.45, 2.75) is 13.3 Å². The molecule has 0 saturated carbocycles. The van der Waals surface area contributed by atoms with E-state index in [1.165, 1.54) is 11.6 Å². The second-order valence-corrected chi connectivity index (χ2v) is 5.26. The molecule has 0 bridgehead atoms. The predicted octanol–water partition coefficient (Wildman–Crippen LogP) is 5.87. The maximum Gasteiger partial charge on any atom is 0.165 e. The van der Waals surface area contributed by atoms with E-state index < -0.39 is 0 Å². The Balaban J connectivity index is 0.000000185. The number of allylic oxidation sites excluding steroid dienone is 1. The Morgan fingerprint density at radius 1 is 0.750 bits per heavy atom. The molecule has 0 spiro atoms. The fourth-order valence-electron chi connectivity index (χ4n) is 2.20. The molecule has 0 saturated heterocycles. The molecule has 3 aromatic carbocycles. The number of aromatic hydroxyl groups is 2. The molecule has 0 atom stereocenters. The molecule has 0 aliphatic rings. The quantitative estimate of drug-likeness (QED) is 0.592. The van der Waals surface area contributed by atoms with Crippen LogP contribution >= 0.6 is 0 Å². The molecule has 0 aromatic heterocycles. The lowest BCUT2D eigenvalue weighted by molar-refractivity contribution is 0.405. The number of rotatable bonds is 3. The third-order valence-electron chi connectivity index (χ3n) is 3.45. The summed E-state index contributed by atoms with van der Waals surface area (Å²) >= 11 is 0. The van der Waals surface area contributed by atoms with E-state index in [1.807, 2.05) is 36.4 Å². The van der Waals surface area contributed by atoms with Gasteiger partial charge in [-0.05, 0) is 23.6 Å². The highest BCUT2D eigenvalue weighted by Crippen LogP contribution is 2.35. The second-order valence-electron chi connectivity index (χ2n) is 5.26. The van der Waals surface area contributed by atoms with Crippen molar-refractivity contribution in [1.82, 2.24) is 0 Å². The molecule has 3 aromatic rings. The molecule has 0 aliphatic carbocycles. The fraction of sp³-hybridized carbons (Fsp3) is 0.0909. The molecule has 0 unspecified atom stereocenters. The Morgan fingerprint density at radius 3 is 2.00 bits per heavy atom. The minimum absolute atomic E-state index is 0.0706. The fourth-order valence-corrected chi connectivity index (χ4v) is 2.20. The zero-order chi connectivity index (χ0) is 17.2. The van der Waals surface area contributed by atoms with E-state index in [0.29, 0.717) is 5.56 Å². The van der Waals surface area contributed by atoms with Crippen LogP contribution in [0.15, 0.2) is 84.9 Å². The van der Waals surface area contributed by atoms with Crippen LogP contribution in [0.4, 0.5) is 0 Å². The standard InChI is InChI=1S/C12H10O2.C10H12/c13-11-8-4-7-10(12(11)14)9-5-2-1-3-6-9;1-2-3-7-10-8-5-4-6-9-10/h1-8,13-14H;3-9H,2H2,1H3. The topological polar surface area (TPSA) is 40.5 Å². The molecular weight excluding hydrogens is 296 g/mol. The smallest absolute Gasteiger partial charge is 0.165 e. The van der Waals surface area contributed by atoms with Gasteiger partial charge in [0.25, 0.3) is 0 Å². The van der Waals surface area contributed by atoms with Gasteiger partial charge in [-0.25, -0.2) is 0 Å². The van der Waals surface area contributed by atoms with Crippen LogP contribution in [0.1, 0.15) is 18.9 Å². The second kappa shape index (κ2) is 9.21. The van der Waals surface area contributed by atoms with Crippen LogP contribution in [0.2, 0.25) is 0 Å². The molecule has 0 radical (unpaired) electrons. The van der Waals surface area contributed by atoms with Crippen molar-refractivity contribution in [3.63, 3.8) is 0 Å². The number of phenols is 2. The zero-order valence-electron chi connectivity index (χ0n) is 13.8. The van der Waals surface area contributed by atoms with Gasteiger partial charge in [0, 0.05) is 5.56 Å². The van der Waals surface area contributed by atoms with Gasteiger partial charge in [0.1, 0.15) is 0 Å². The first kappa shape index (κ1) is 17.4. The van der Waals surface area contributed by atoms with Crippen molar-refractivity contribution < 1.29 is 10.2 Å². The van der Waals surface area contributed by atoms with Gasteiger partial charge in [0.15, 0.2) is 11.5 Å². The van der Waals surface area contributed by atoms with Gasteiger partial charge in [-0.1, -0.05) is 91.9 Å². The van der Waals surface area contributed by atoms with Gasteiger partial charge < -0.3 is 10.2 Å². The minimum atomic E-state index is -0.0913. The van der Waals surface area contributed by atoms with Crippen LogP contribution in [0.25, 0.3) is 17.2 Å². The van der Waals surface area contributed by atoms with E-state index in [1.54, 1.807) is 12.1 Å². The summed E-state index contributed by atoms with van der Waals surface area (Å²) in [4.78, 5) is 0. The van der Waals surface area contributed by atoms with Gasteiger partial charge >= 0.3 is 0 Å². The molecule has 24 heavy (non-hydrogen) atoms. The summed E-state index contributed by atoms with van der Waals surface area (Å²) in [7, 11) is 0. The number of phenolic OH excluding ortho intramolecular Hbond substituents is 2. The molecule has 2 heteroatoms. The highest BCUT2D eigenvalue weighted by atomic mass is 16.3. The first-order chi connectivity index (χ1) is 11.7. The number of hydrogen-bond donors (Lipinski definition) is 2. The Kier molecular flexibility index (Phi) is 6.66. The lowest BCUT2D eigenvalue weighted by Crippen LogP contribution is -1.78. The van der Waals surface area contributed by atoms with Crippen molar-refractivity contribution >= 4 is 6.08 Å². The molecule has 0 amide bonds. The van der Waals surface area contributed by atoms with E-state index >= 15 is 0 Å². The van der Waals surface area contributed by atoms with Crippen LogP contribution in [0.5, 0.6) is 11.5 Å². The number of hydrogen-bond acceptors (Lipinski definition) is 2. The molecule has 0 heterocycles. The third kappa shape index (κ3) is 5.03. The van der Waals surface area contributed by atoms with Crippen LogP contribution in [-0.2, 0) is 0 Å². The van der Waals surface area contributed by atoms with Crippen LogP contribution in [0, 0.1) is 0 Å². The Hall–Kier alpha value is -3.00. The molecule has 0 fully saturated rings. The SMILES string of the molecule is CCC=Cc1ccccc1.Oc1cccc(-c2ccccc2)c1O.